The Labute approximate surface area is 146 Å². The van der Waals surface area contributed by atoms with Gasteiger partial charge in [-0.3, -0.25) is 0 Å². The second-order valence-corrected chi connectivity index (χ2v) is 6.46. The molecule has 2 aromatic carbocycles. The molecular formula is C18H10N4S2. The van der Waals surface area contributed by atoms with E-state index in [1.165, 1.54) is 23.5 Å². The molecule has 2 heterocycles. The monoisotopic (exact) mass is 346 g/mol. The molecule has 1 aliphatic rings. The van der Waals surface area contributed by atoms with E-state index in [4.69, 9.17) is 0 Å². The van der Waals surface area contributed by atoms with E-state index in [0.717, 1.165) is 45.0 Å². The SMILES string of the molecule is c1ccc(C(=C2c3nsnc3-c3nsnc32)c2ccccc2)cc1. The van der Waals surface area contributed by atoms with Crippen LogP contribution in [0.2, 0.25) is 0 Å². The minimum Gasteiger partial charge on any atom is -0.172 e. The van der Waals surface area contributed by atoms with Crippen molar-refractivity contribution < 1.29 is 0 Å². The van der Waals surface area contributed by atoms with Crippen LogP contribution < -0.4 is 0 Å². The van der Waals surface area contributed by atoms with Gasteiger partial charge in [-0.05, 0) is 11.1 Å². The third-order valence-corrected chi connectivity index (χ3v) is 5.11. The molecule has 0 spiro atoms. The summed E-state index contributed by atoms with van der Waals surface area (Å²) >= 11 is 2.45. The van der Waals surface area contributed by atoms with Crippen molar-refractivity contribution in [3.05, 3.63) is 83.2 Å². The predicted molar refractivity (Wildman–Crippen MR) is 96.7 cm³/mol. The summed E-state index contributed by atoms with van der Waals surface area (Å²) in [6, 6.07) is 20.7. The third kappa shape index (κ3) is 1.97. The van der Waals surface area contributed by atoms with Crippen LogP contribution in [0, 0.1) is 0 Å². The second-order valence-electron chi connectivity index (χ2n) is 5.40. The van der Waals surface area contributed by atoms with E-state index in [1.54, 1.807) is 0 Å². The van der Waals surface area contributed by atoms with Crippen molar-refractivity contribution in [3.8, 4) is 11.4 Å². The molecule has 0 saturated heterocycles. The molecule has 0 atom stereocenters. The summed E-state index contributed by atoms with van der Waals surface area (Å²) < 4.78 is 17.9. The minimum absolute atomic E-state index is 0.850. The fourth-order valence-corrected chi connectivity index (χ4v) is 4.14. The maximum Gasteiger partial charge on any atom is 0.134 e. The summed E-state index contributed by atoms with van der Waals surface area (Å²) in [6.07, 6.45) is 0. The summed E-state index contributed by atoms with van der Waals surface area (Å²) in [7, 11) is 0. The molecule has 2 aromatic heterocycles. The zero-order chi connectivity index (χ0) is 15.9. The van der Waals surface area contributed by atoms with Crippen LogP contribution >= 0.6 is 23.5 Å². The van der Waals surface area contributed by atoms with E-state index in [2.05, 4.69) is 41.8 Å². The summed E-state index contributed by atoms with van der Waals surface area (Å²) in [6.45, 7) is 0. The highest BCUT2D eigenvalue weighted by atomic mass is 32.1. The Kier molecular flexibility index (Phi) is 3.11. The normalized spacial score (nSPS) is 12.1. The van der Waals surface area contributed by atoms with Crippen molar-refractivity contribution in [2.24, 2.45) is 0 Å². The van der Waals surface area contributed by atoms with E-state index in [1.807, 2.05) is 36.4 Å². The van der Waals surface area contributed by atoms with Crippen LogP contribution in [0.25, 0.3) is 22.5 Å². The van der Waals surface area contributed by atoms with Crippen LogP contribution in [-0.4, -0.2) is 17.5 Å². The molecule has 0 unspecified atom stereocenters. The van der Waals surface area contributed by atoms with Gasteiger partial charge >= 0.3 is 0 Å². The molecule has 114 valence electrons. The van der Waals surface area contributed by atoms with Gasteiger partial charge in [0.1, 0.15) is 22.8 Å². The Bertz CT molecular complexity index is 965. The smallest absolute Gasteiger partial charge is 0.134 e. The van der Waals surface area contributed by atoms with Gasteiger partial charge in [0.05, 0.1) is 23.5 Å². The van der Waals surface area contributed by atoms with E-state index in [9.17, 15) is 0 Å². The average Bonchev–Trinajstić information content (AvgIpc) is 3.33. The number of aromatic nitrogens is 4. The van der Waals surface area contributed by atoms with Crippen molar-refractivity contribution in [2.45, 2.75) is 0 Å². The van der Waals surface area contributed by atoms with Gasteiger partial charge in [0.15, 0.2) is 0 Å². The molecule has 0 bridgehead atoms. The number of hydrogen-bond donors (Lipinski definition) is 0. The van der Waals surface area contributed by atoms with Gasteiger partial charge in [-0.25, -0.2) is 0 Å². The molecule has 6 heteroatoms. The molecule has 24 heavy (non-hydrogen) atoms. The Morgan fingerprint density at radius 2 is 0.958 bits per heavy atom. The maximum atomic E-state index is 4.53. The minimum atomic E-state index is 0.850. The van der Waals surface area contributed by atoms with Crippen LogP contribution in [0.1, 0.15) is 22.5 Å². The number of fused-ring (bicyclic) bond motifs is 3. The summed E-state index contributed by atoms with van der Waals surface area (Å²) in [5.41, 5.74) is 7.90. The molecule has 0 fully saturated rings. The third-order valence-electron chi connectivity index (χ3n) is 4.05. The lowest BCUT2D eigenvalue weighted by Crippen LogP contribution is -1.95. The number of rotatable bonds is 2. The first-order chi connectivity index (χ1) is 11.9. The summed E-state index contributed by atoms with van der Waals surface area (Å²) in [5.74, 6) is 0. The lowest BCUT2D eigenvalue weighted by molar-refractivity contribution is 1.44. The summed E-state index contributed by atoms with van der Waals surface area (Å²) in [5, 5.41) is 0. The molecule has 0 N–H and O–H groups in total. The molecular weight excluding hydrogens is 336 g/mol. The van der Waals surface area contributed by atoms with Crippen LogP contribution in [0.15, 0.2) is 60.7 Å². The van der Waals surface area contributed by atoms with E-state index < -0.39 is 0 Å². The predicted octanol–water partition coefficient (Wildman–Crippen LogP) is 4.38. The van der Waals surface area contributed by atoms with Crippen LogP contribution in [-0.2, 0) is 0 Å². The average molecular weight is 346 g/mol. The Hall–Kier alpha value is -2.70. The largest absolute Gasteiger partial charge is 0.172 e. The first-order valence-corrected chi connectivity index (χ1v) is 8.91. The van der Waals surface area contributed by atoms with Gasteiger partial charge in [0.2, 0.25) is 0 Å². The van der Waals surface area contributed by atoms with E-state index in [0.29, 0.717) is 0 Å². The summed E-state index contributed by atoms with van der Waals surface area (Å²) in [4.78, 5) is 0. The molecule has 0 aliphatic heterocycles. The lowest BCUT2D eigenvalue weighted by Gasteiger charge is -2.12. The Morgan fingerprint density at radius 3 is 1.42 bits per heavy atom. The second kappa shape index (κ2) is 5.43. The highest BCUT2D eigenvalue weighted by Crippen LogP contribution is 2.46. The number of hydrogen-bond acceptors (Lipinski definition) is 6. The maximum absolute atomic E-state index is 4.53. The van der Waals surface area contributed by atoms with Gasteiger partial charge < -0.3 is 0 Å². The highest BCUT2D eigenvalue weighted by Gasteiger charge is 2.34. The van der Waals surface area contributed by atoms with Crippen molar-refractivity contribution in [2.75, 3.05) is 0 Å². The first-order valence-electron chi connectivity index (χ1n) is 7.45. The van der Waals surface area contributed by atoms with Gasteiger partial charge in [-0.1, -0.05) is 60.7 Å². The fourth-order valence-electron chi connectivity index (χ4n) is 3.03. The van der Waals surface area contributed by atoms with Gasteiger partial charge in [-0.15, -0.1) is 0 Å². The topological polar surface area (TPSA) is 51.6 Å². The van der Waals surface area contributed by atoms with Crippen LogP contribution in [0.4, 0.5) is 0 Å². The van der Waals surface area contributed by atoms with E-state index >= 15 is 0 Å². The standard InChI is InChI=1S/C18H10N4S2/c1-3-7-11(8-4-1)13(12-9-5-2-6-10-12)14-15-17(21-23-19-15)18-16(14)20-24-22-18/h1-10H. The lowest BCUT2D eigenvalue weighted by atomic mass is 9.92. The van der Waals surface area contributed by atoms with Crippen LogP contribution in [0.5, 0.6) is 0 Å². The first kappa shape index (κ1) is 13.7. The Balaban J connectivity index is 1.90. The Morgan fingerprint density at radius 1 is 0.542 bits per heavy atom. The van der Waals surface area contributed by atoms with Crippen molar-refractivity contribution in [3.63, 3.8) is 0 Å². The van der Waals surface area contributed by atoms with Gasteiger partial charge in [0.25, 0.3) is 0 Å². The van der Waals surface area contributed by atoms with Crippen LogP contribution in [0.3, 0.4) is 0 Å². The molecule has 4 nitrogen and oxygen atoms in total. The molecule has 1 aliphatic carbocycles. The van der Waals surface area contributed by atoms with Crippen molar-refractivity contribution in [1.29, 1.82) is 0 Å². The zero-order valence-corrected chi connectivity index (χ0v) is 14.0. The van der Waals surface area contributed by atoms with Crippen molar-refractivity contribution >= 4 is 34.6 Å². The fraction of sp³-hybridized carbons (Fsp3) is 0. The zero-order valence-electron chi connectivity index (χ0n) is 12.4. The van der Waals surface area contributed by atoms with Gasteiger partial charge in [-0.2, -0.15) is 17.5 Å². The molecule has 0 amide bonds. The van der Waals surface area contributed by atoms with Crippen molar-refractivity contribution in [1.82, 2.24) is 17.5 Å². The van der Waals surface area contributed by atoms with E-state index in [-0.39, 0.29) is 0 Å². The number of nitrogens with zero attached hydrogens (tertiary/aromatic N) is 4. The molecule has 0 saturated carbocycles. The number of benzene rings is 2. The molecule has 0 radical (unpaired) electrons. The quantitative estimate of drug-likeness (QED) is 0.476. The molecule has 4 aromatic rings. The molecule has 5 rings (SSSR count). The van der Waals surface area contributed by atoms with Gasteiger partial charge in [0, 0.05) is 11.1 Å². The highest BCUT2D eigenvalue weighted by molar-refractivity contribution is 7.00.